The third kappa shape index (κ3) is 4.16. The predicted octanol–water partition coefficient (Wildman–Crippen LogP) is 2.06. The van der Waals surface area contributed by atoms with Gasteiger partial charge in [0.2, 0.25) is 5.91 Å². The second-order valence-electron chi connectivity index (χ2n) is 6.03. The molecule has 0 aromatic heterocycles. The number of anilines is 1. The zero-order valence-electron chi connectivity index (χ0n) is 14.0. The Balaban J connectivity index is 1.60. The first kappa shape index (κ1) is 17.0. The van der Waals surface area contributed by atoms with Crippen LogP contribution in [-0.4, -0.2) is 47.9 Å². The summed E-state index contributed by atoms with van der Waals surface area (Å²) in [7, 11) is 0. The van der Waals surface area contributed by atoms with Gasteiger partial charge in [-0.3, -0.25) is 9.69 Å². The number of nitrogens with zero attached hydrogens (tertiary/aromatic N) is 2. The first-order chi connectivity index (χ1) is 12.1. The SMILES string of the molecule is NC(=O)[C@@H](c1ccccc1)N1CCN(C(=O)Nc2ccccc2)CC1. The molecule has 0 aliphatic carbocycles. The summed E-state index contributed by atoms with van der Waals surface area (Å²) in [5.74, 6) is -0.367. The Bertz CT molecular complexity index is 713. The van der Waals surface area contributed by atoms with Gasteiger partial charge in [-0.2, -0.15) is 0 Å². The Kier molecular flexibility index (Phi) is 5.30. The number of carbonyl (C=O) groups is 2. The molecule has 25 heavy (non-hydrogen) atoms. The Hall–Kier alpha value is -2.86. The third-order valence-electron chi connectivity index (χ3n) is 4.38. The van der Waals surface area contributed by atoms with Crippen LogP contribution in [0.15, 0.2) is 60.7 Å². The van der Waals surface area contributed by atoms with Crippen LogP contribution in [-0.2, 0) is 4.79 Å². The fourth-order valence-corrected chi connectivity index (χ4v) is 3.10. The Labute approximate surface area is 147 Å². The molecule has 1 atom stereocenters. The van der Waals surface area contributed by atoms with Crippen molar-refractivity contribution in [1.82, 2.24) is 9.80 Å². The number of para-hydroxylation sites is 1. The maximum absolute atomic E-state index is 12.4. The highest BCUT2D eigenvalue weighted by Gasteiger charge is 2.30. The highest BCUT2D eigenvalue weighted by molar-refractivity contribution is 5.89. The third-order valence-corrected chi connectivity index (χ3v) is 4.38. The van der Waals surface area contributed by atoms with Crippen molar-refractivity contribution in [2.45, 2.75) is 6.04 Å². The minimum atomic E-state index is -0.458. The molecule has 1 saturated heterocycles. The zero-order chi connectivity index (χ0) is 17.6. The number of primary amides is 1. The van der Waals surface area contributed by atoms with E-state index in [1.165, 1.54) is 0 Å². The summed E-state index contributed by atoms with van der Waals surface area (Å²) in [5, 5.41) is 2.89. The predicted molar refractivity (Wildman–Crippen MR) is 97.0 cm³/mol. The normalized spacial score (nSPS) is 16.2. The number of urea groups is 1. The van der Waals surface area contributed by atoms with Gasteiger partial charge >= 0.3 is 6.03 Å². The molecule has 1 fully saturated rings. The molecular formula is C19H22N4O2. The average Bonchev–Trinajstić information content (AvgIpc) is 2.64. The summed E-state index contributed by atoms with van der Waals surface area (Å²) in [4.78, 5) is 28.1. The van der Waals surface area contributed by atoms with Gasteiger partial charge in [0.15, 0.2) is 0 Å². The van der Waals surface area contributed by atoms with Crippen LogP contribution in [0.3, 0.4) is 0 Å². The maximum Gasteiger partial charge on any atom is 0.321 e. The summed E-state index contributed by atoms with van der Waals surface area (Å²) in [6.45, 7) is 2.31. The largest absolute Gasteiger partial charge is 0.368 e. The summed E-state index contributed by atoms with van der Waals surface area (Å²) < 4.78 is 0. The highest BCUT2D eigenvalue weighted by atomic mass is 16.2. The van der Waals surface area contributed by atoms with Gasteiger partial charge in [0, 0.05) is 31.9 Å². The molecule has 0 radical (unpaired) electrons. The number of piperazine rings is 1. The van der Waals surface area contributed by atoms with E-state index in [2.05, 4.69) is 5.32 Å². The van der Waals surface area contributed by atoms with Gasteiger partial charge in [0.05, 0.1) is 0 Å². The number of nitrogens with one attached hydrogen (secondary N) is 1. The van der Waals surface area contributed by atoms with Crippen LogP contribution in [0.25, 0.3) is 0 Å². The summed E-state index contributed by atoms with van der Waals surface area (Å²) in [6.07, 6.45) is 0. The molecule has 130 valence electrons. The lowest BCUT2D eigenvalue weighted by molar-refractivity contribution is -0.124. The lowest BCUT2D eigenvalue weighted by Crippen LogP contribution is -2.52. The monoisotopic (exact) mass is 338 g/mol. The quantitative estimate of drug-likeness (QED) is 0.896. The van der Waals surface area contributed by atoms with Gasteiger partial charge < -0.3 is 16.0 Å². The van der Waals surface area contributed by atoms with Crippen molar-refractivity contribution >= 4 is 17.6 Å². The van der Waals surface area contributed by atoms with Crippen LogP contribution in [0.1, 0.15) is 11.6 Å². The Morgan fingerprint density at radius 2 is 1.44 bits per heavy atom. The van der Waals surface area contributed by atoms with Crippen molar-refractivity contribution in [2.75, 3.05) is 31.5 Å². The topological polar surface area (TPSA) is 78.7 Å². The van der Waals surface area contributed by atoms with Crippen molar-refractivity contribution in [3.63, 3.8) is 0 Å². The number of amides is 3. The minimum Gasteiger partial charge on any atom is -0.368 e. The molecular weight excluding hydrogens is 316 g/mol. The molecule has 6 heteroatoms. The highest BCUT2D eigenvalue weighted by Crippen LogP contribution is 2.22. The summed E-state index contributed by atoms with van der Waals surface area (Å²) >= 11 is 0. The second kappa shape index (κ2) is 7.81. The molecule has 0 bridgehead atoms. The fraction of sp³-hybridized carbons (Fsp3) is 0.263. The molecule has 3 N–H and O–H groups in total. The van der Waals surface area contributed by atoms with E-state index in [0.29, 0.717) is 26.2 Å². The number of nitrogens with two attached hydrogens (primary N) is 1. The first-order valence-corrected chi connectivity index (χ1v) is 8.34. The van der Waals surface area contributed by atoms with Crippen LogP contribution >= 0.6 is 0 Å². The lowest BCUT2D eigenvalue weighted by Gasteiger charge is -2.38. The van der Waals surface area contributed by atoms with Gasteiger partial charge in [-0.15, -0.1) is 0 Å². The number of hydrogen-bond acceptors (Lipinski definition) is 3. The van der Waals surface area contributed by atoms with Crippen LogP contribution in [0.2, 0.25) is 0 Å². The van der Waals surface area contributed by atoms with Crippen molar-refractivity contribution in [3.05, 3.63) is 66.2 Å². The molecule has 2 aromatic carbocycles. The van der Waals surface area contributed by atoms with E-state index in [-0.39, 0.29) is 11.9 Å². The van der Waals surface area contributed by atoms with E-state index in [4.69, 9.17) is 5.73 Å². The fourth-order valence-electron chi connectivity index (χ4n) is 3.10. The number of carbonyl (C=O) groups excluding carboxylic acids is 2. The van der Waals surface area contributed by atoms with Gasteiger partial charge in [-0.05, 0) is 17.7 Å². The van der Waals surface area contributed by atoms with Gasteiger partial charge in [0.25, 0.3) is 0 Å². The van der Waals surface area contributed by atoms with E-state index in [9.17, 15) is 9.59 Å². The summed E-state index contributed by atoms with van der Waals surface area (Å²) in [6, 6.07) is 18.3. The molecule has 1 heterocycles. The molecule has 0 unspecified atom stereocenters. The maximum atomic E-state index is 12.4. The second-order valence-corrected chi connectivity index (χ2v) is 6.03. The van der Waals surface area contributed by atoms with Crippen molar-refractivity contribution in [3.8, 4) is 0 Å². The van der Waals surface area contributed by atoms with E-state index < -0.39 is 6.04 Å². The first-order valence-electron chi connectivity index (χ1n) is 8.34. The van der Waals surface area contributed by atoms with Gasteiger partial charge in [-0.1, -0.05) is 48.5 Å². The number of benzene rings is 2. The van der Waals surface area contributed by atoms with E-state index in [1.54, 1.807) is 4.90 Å². The smallest absolute Gasteiger partial charge is 0.321 e. The average molecular weight is 338 g/mol. The molecule has 1 aliphatic rings. The summed E-state index contributed by atoms with van der Waals surface area (Å²) in [5.41, 5.74) is 7.28. The number of hydrogen-bond donors (Lipinski definition) is 2. The van der Waals surface area contributed by atoms with Crippen molar-refractivity contribution < 1.29 is 9.59 Å². The van der Waals surface area contributed by atoms with E-state index in [1.807, 2.05) is 65.6 Å². The standard InChI is InChI=1S/C19H22N4O2/c20-18(24)17(15-7-3-1-4-8-15)22-11-13-23(14-12-22)19(25)21-16-9-5-2-6-10-16/h1-10,17H,11-14H2,(H2,20,24)(H,21,25)/t17-/m1/s1. The van der Waals surface area contributed by atoms with Gasteiger partial charge in [0.1, 0.15) is 6.04 Å². The van der Waals surface area contributed by atoms with E-state index in [0.717, 1.165) is 11.3 Å². The van der Waals surface area contributed by atoms with Gasteiger partial charge in [-0.25, -0.2) is 4.79 Å². The molecule has 0 saturated carbocycles. The number of rotatable bonds is 4. The van der Waals surface area contributed by atoms with Crippen LogP contribution in [0.5, 0.6) is 0 Å². The Morgan fingerprint density at radius 1 is 0.880 bits per heavy atom. The molecule has 2 aromatic rings. The van der Waals surface area contributed by atoms with Crippen LogP contribution in [0.4, 0.5) is 10.5 Å². The lowest BCUT2D eigenvalue weighted by atomic mass is 10.0. The van der Waals surface area contributed by atoms with Crippen LogP contribution < -0.4 is 11.1 Å². The Morgan fingerprint density at radius 3 is 2.00 bits per heavy atom. The molecule has 6 nitrogen and oxygen atoms in total. The molecule has 1 aliphatic heterocycles. The minimum absolute atomic E-state index is 0.124. The zero-order valence-corrected chi connectivity index (χ0v) is 14.0. The van der Waals surface area contributed by atoms with Crippen LogP contribution in [0, 0.1) is 0 Å². The molecule has 3 amide bonds. The molecule has 0 spiro atoms. The van der Waals surface area contributed by atoms with E-state index >= 15 is 0 Å². The van der Waals surface area contributed by atoms with Crippen molar-refractivity contribution in [2.24, 2.45) is 5.73 Å². The molecule has 3 rings (SSSR count). The van der Waals surface area contributed by atoms with Crippen molar-refractivity contribution in [1.29, 1.82) is 0 Å².